The van der Waals surface area contributed by atoms with Crippen LogP contribution in [0.5, 0.6) is 5.75 Å². The molecule has 2 N–H and O–H groups in total. The first-order valence-corrected chi connectivity index (χ1v) is 9.08. The molecule has 3 rings (SSSR count). The molecule has 0 heterocycles. The van der Waals surface area contributed by atoms with Gasteiger partial charge in [0.2, 0.25) is 0 Å². The number of halogens is 5. The van der Waals surface area contributed by atoms with E-state index < -0.39 is 29.4 Å². The van der Waals surface area contributed by atoms with E-state index in [0.717, 1.165) is 18.2 Å². The lowest BCUT2D eigenvalue weighted by molar-refractivity contribution is -0.137. The van der Waals surface area contributed by atoms with Crippen molar-refractivity contribution in [1.29, 1.82) is 0 Å². The first-order valence-electron chi connectivity index (χ1n) is 9.08. The zero-order chi connectivity index (χ0) is 21.0. The number of benzene rings is 2. The fourth-order valence-corrected chi connectivity index (χ4v) is 3.18. The minimum atomic E-state index is -4.39. The van der Waals surface area contributed by atoms with Gasteiger partial charge < -0.3 is 15.4 Å². The number of rotatable bonds is 4. The third kappa shape index (κ3) is 5.58. The van der Waals surface area contributed by atoms with Gasteiger partial charge >= 0.3 is 12.2 Å². The van der Waals surface area contributed by atoms with E-state index in [1.807, 2.05) is 0 Å². The molecule has 1 fully saturated rings. The third-order valence-corrected chi connectivity index (χ3v) is 4.69. The Bertz CT molecular complexity index is 847. The second-order valence-corrected chi connectivity index (χ2v) is 6.81. The molecular weight excluding hydrogens is 395 g/mol. The number of hydrogen-bond donors (Lipinski definition) is 2. The lowest BCUT2D eigenvalue weighted by Crippen LogP contribution is -2.41. The average molecular weight is 414 g/mol. The van der Waals surface area contributed by atoms with Crippen molar-refractivity contribution in [3.05, 3.63) is 59.7 Å². The second kappa shape index (κ2) is 8.67. The van der Waals surface area contributed by atoms with E-state index >= 15 is 0 Å². The third-order valence-electron chi connectivity index (χ3n) is 4.69. The van der Waals surface area contributed by atoms with Gasteiger partial charge in [0, 0.05) is 6.04 Å². The van der Waals surface area contributed by atoms with Crippen LogP contribution in [0.1, 0.15) is 31.2 Å². The molecule has 0 aromatic heterocycles. The fraction of sp³-hybridized carbons (Fsp3) is 0.350. The van der Waals surface area contributed by atoms with Crippen molar-refractivity contribution in [3.63, 3.8) is 0 Å². The fourth-order valence-electron chi connectivity index (χ4n) is 3.18. The molecule has 4 nitrogen and oxygen atoms in total. The Kier molecular flexibility index (Phi) is 6.24. The Labute approximate surface area is 164 Å². The Balaban J connectivity index is 1.45. The Morgan fingerprint density at radius 1 is 0.966 bits per heavy atom. The molecule has 0 unspecified atom stereocenters. The smallest absolute Gasteiger partial charge is 0.416 e. The van der Waals surface area contributed by atoms with Crippen molar-refractivity contribution in [3.8, 4) is 5.75 Å². The highest BCUT2D eigenvalue weighted by Gasteiger charge is 2.30. The Hall–Kier alpha value is -2.84. The number of hydrogen-bond acceptors (Lipinski definition) is 2. The van der Waals surface area contributed by atoms with Crippen LogP contribution in [-0.2, 0) is 6.18 Å². The molecule has 0 spiro atoms. The van der Waals surface area contributed by atoms with Gasteiger partial charge in [-0.05, 0) is 62.1 Å². The van der Waals surface area contributed by atoms with Crippen molar-refractivity contribution in [1.82, 2.24) is 5.32 Å². The van der Waals surface area contributed by atoms with Gasteiger partial charge in [-0.2, -0.15) is 13.2 Å². The van der Waals surface area contributed by atoms with Crippen LogP contribution >= 0.6 is 0 Å². The molecule has 1 aliphatic carbocycles. The summed E-state index contributed by atoms with van der Waals surface area (Å²) in [5.41, 5.74) is -0.986. The van der Waals surface area contributed by atoms with Crippen LogP contribution in [0, 0.1) is 11.6 Å². The molecule has 2 aromatic carbocycles. The molecule has 2 aromatic rings. The Morgan fingerprint density at radius 3 is 2.24 bits per heavy atom. The molecular formula is C20H19F5N2O2. The molecule has 1 saturated carbocycles. The highest BCUT2D eigenvalue weighted by Crippen LogP contribution is 2.31. The summed E-state index contributed by atoms with van der Waals surface area (Å²) < 4.78 is 70.2. The van der Waals surface area contributed by atoms with E-state index in [-0.39, 0.29) is 17.8 Å². The minimum absolute atomic E-state index is 0.168. The van der Waals surface area contributed by atoms with E-state index in [1.54, 1.807) is 0 Å². The average Bonchev–Trinajstić information content (AvgIpc) is 2.67. The highest BCUT2D eigenvalue weighted by atomic mass is 19.4. The Morgan fingerprint density at radius 2 is 1.62 bits per heavy atom. The summed E-state index contributed by atoms with van der Waals surface area (Å²) >= 11 is 0. The van der Waals surface area contributed by atoms with Gasteiger partial charge in [-0.3, -0.25) is 0 Å². The summed E-state index contributed by atoms with van der Waals surface area (Å²) in [5, 5.41) is 4.98. The summed E-state index contributed by atoms with van der Waals surface area (Å²) in [7, 11) is 0. The van der Waals surface area contributed by atoms with Crippen molar-refractivity contribution in [2.24, 2.45) is 0 Å². The van der Waals surface area contributed by atoms with Crippen molar-refractivity contribution in [2.45, 2.75) is 44.0 Å². The summed E-state index contributed by atoms with van der Waals surface area (Å²) in [4.78, 5) is 12.0. The van der Waals surface area contributed by atoms with E-state index in [0.29, 0.717) is 31.4 Å². The number of ether oxygens (including phenoxy) is 1. The first-order chi connectivity index (χ1) is 13.7. The monoisotopic (exact) mass is 414 g/mol. The van der Waals surface area contributed by atoms with E-state index in [4.69, 9.17) is 4.74 Å². The molecule has 2 amide bonds. The van der Waals surface area contributed by atoms with Crippen LogP contribution in [-0.4, -0.2) is 18.2 Å². The topological polar surface area (TPSA) is 50.4 Å². The maximum atomic E-state index is 13.6. The minimum Gasteiger partial charge on any atom is -0.490 e. The maximum Gasteiger partial charge on any atom is 0.416 e. The van der Waals surface area contributed by atoms with E-state index in [1.165, 1.54) is 24.3 Å². The van der Waals surface area contributed by atoms with Gasteiger partial charge in [0.25, 0.3) is 0 Å². The van der Waals surface area contributed by atoms with Gasteiger partial charge in [0.1, 0.15) is 5.75 Å². The van der Waals surface area contributed by atoms with Gasteiger partial charge in [0.15, 0.2) is 11.6 Å². The standard InChI is InChI=1S/C20H19F5N2O2/c21-16-2-1-3-17(18(16)22)27-19(28)26-13-6-10-15(11-7-13)29-14-8-4-12(5-9-14)20(23,24)25/h1-5,8-9,13,15H,6-7,10-11H2,(H2,26,27,28). The lowest BCUT2D eigenvalue weighted by atomic mass is 9.93. The first kappa shape index (κ1) is 20.9. The molecule has 29 heavy (non-hydrogen) atoms. The van der Waals surface area contributed by atoms with Gasteiger partial charge in [-0.1, -0.05) is 6.07 Å². The summed E-state index contributed by atoms with van der Waals surface area (Å²) in [5.74, 6) is -1.83. The lowest BCUT2D eigenvalue weighted by Gasteiger charge is -2.29. The molecule has 0 atom stereocenters. The van der Waals surface area contributed by atoms with E-state index in [2.05, 4.69) is 10.6 Å². The molecule has 156 valence electrons. The van der Waals surface area contributed by atoms with Crippen molar-refractivity contribution in [2.75, 3.05) is 5.32 Å². The quantitative estimate of drug-likeness (QED) is 0.650. The number of amides is 2. The van der Waals surface area contributed by atoms with Gasteiger partial charge in [-0.15, -0.1) is 0 Å². The second-order valence-electron chi connectivity index (χ2n) is 6.81. The summed E-state index contributed by atoms with van der Waals surface area (Å²) in [6.07, 6.45) is -2.19. The molecule has 0 aliphatic heterocycles. The number of carbonyl (C=O) groups excluding carboxylic acids is 1. The molecule has 0 bridgehead atoms. The van der Waals surface area contributed by atoms with Crippen LogP contribution in [0.3, 0.4) is 0 Å². The van der Waals surface area contributed by atoms with Crippen molar-refractivity contribution < 1.29 is 31.5 Å². The zero-order valence-electron chi connectivity index (χ0n) is 15.2. The zero-order valence-corrected chi connectivity index (χ0v) is 15.2. The molecule has 0 saturated heterocycles. The van der Waals surface area contributed by atoms with Gasteiger partial charge in [0.05, 0.1) is 17.4 Å². The van der Waals surface area contributed by atoms with Crippen LogP contribution in [0.15, 0.2) is 42.5 Å². The largest absolute Gasteiger partial charge is 0.490 e. The van der Waals surface area contributed by atoms with Crippen LogP contribution in [0.2, 0.25) is 0 Å². The predicted octanol–water partition coefficient (Wildman–Crippen LogP) is 5.50. The van der Waals surface area contributed by atoms with Crippen LogP contribution < -0.4 is 15.4 Å². The molecule has 9 heteroatoms. The normalized spacial score (nSPS) is 19.5. The number of alkyl halides is 3. The predicted molar refractivity (Wildman–Crippen MR) is 96.6 cm³/mol. The van der Waals surface area contributed by atoms with Crippen molar-refractivity contribution >= 4 is 11.7 Å². The van der Waals surface area contributed by atoms with Crippen LogP contribution in [0.4, 0.5) is 32.4 Å². The SMILES string of the molecule is O=C(Nc1cccc(F)c1F)NC1CCC(Oc2ccc(C(F)(F)F)cc2)CC1. The summed E-state index contributed by atoms with van der Waals surface area (Å²) in [6.45, 7) is 0. The molecule has 0 radical (unpaired) electrons. The number of anilines is 1. The van der Waals surface area contributed by atoms with Crippen LogP contribution in [0.25, 0.3) is 0 Å². The highest BCUT2D eigenvalue weighted by molar-refractivity contribution is 5.89. The van der Waals surface area contributed by atoms with E-state index in [9.17, 15) is 26.7 Å². The number of urea groups is 1. The maximum absolute atomic E-state index is 13.6. The summed E-state index contributed by atoms with van der Waals surface area (Å²) in [6, 6.07) is 7.21. The van der Waals surface area contributed by atoms with Gasteiger partial charge in [-0.25, -0.2) is 13.6 Å². The number of carbonyl (C=O) groups is 1. The number of nitrogens with one attached hydrogen (secondary N) is 2. The molecule has 1 aliphatic rings.